The minimum Gasteiger partial charge on any atom is -0.455 e. The summed E-state index contributed by atoms with van der Waals surface area (Å²) in [5, 5.41) is 50.9. The van der Waals surface area contributed by atoms with Crippen LogP contribution in [-0.4, -0.2) is 105 Å². The summed E-state index contributed by atoms with van der Waals surface area (Å²) in [7, 11) is 0. The number of hydrogen-bond donors (Lipinski definition) is 5. The zero-order valence-electron chi connectivity index (χ0n) is 21.6. The van der Waals surface area contributed by atoms with Gasteiger partial charge < -0.3 is 49.2 Å². The molecule has 0 saturated carbocycles. The normalized spacial score (nSPS) is 38.7. The summed E-state index contributed by atoms with van der Waals surface area (Å²) in [5.74, 6) is -1.48. The zero-order valence-corrected chi connectivity index (χ0v) is 21.6. The van der Waals surface area contributed by atoms with Gasteiger partial charge in [0.2, 0.25) is 6.29 Å². The Morgan fingerprint density at radius 2 is 1.47 bits per heavy atom. The fraction of sp³-hybridized carbons (Fsp3) is 0.917. The van der Waals surface area contributed by atoms with Crippen molar-refractivity contribution in [3.63, 3.8) is 0 Å². The SMILES string of the molecule is CCC(=O)OC1C(OC2OC(CO)C(O)C(O)C2O)OC(CC)C(O)C1OC(=O)C(C)CC(C)CC. The van der Waals surface area contributed by atoms with Gasteiger partial charge in [0.15, 0.2) is 18.5 Å². The summed E-state index contributed by atoms with van der Waals surface area (Å²) >= 11 is 0. The Kier molecular flexibility index (Phi) is 12.0. The van der Waals surface area contributed by atoms with E-state index in [1.165, 1.54) is 0 Å². The van der Waals surface area contributed by atoms with Crippen molar-refractivity contribution >= 4 is 11.9 Å². The second-order valence-electron chi connectivity index (χ2n) is 9.63. The van der Waals surface area contributed by atoms with Crippen LogP contribution in [0.3, 0.4) is 0 Å². The lowest BCUT2D eigenvalue weighted by molar-refractivity contribution is -0.375. The molecule has 2 fully saturated rings. The van der Waals surface area contributed by atoms with E-state index in [-0.39, 0.29) is 18.8 Å². The average molecular weight is 523 g/mol. The van der Waals surface area contributed by atoms with Gasteiger partial charge in [-0.2, -0.15) is 0 Å². The van der Waals surface area contributed by atoms with Gasteiger partial charge in [0, 0.05) is 6.42 Å². The van der Waals surface area contributed by atoms with Crippen LogP contribution in [0.2, 0.25) is 0 Å². The van der Waals surface area contributed by atoms with Crippen molar-refractivity contribution in [2.45, 2.75) is 122 Å². The fourth-order valence-corrected chi connectivity index (χ4v) is 4.26. The number of esters is 2. The maximum atomic E-state index is 12.9. The lowest BCUT2D eigenvalue weighted by Crippen LogP contribution is -2.64. The van der Waals surface area contributed by atoms with E-state index in [4.69, 9.17) is 23.7 Å². The molecular weight excluding hydrogens is 480 g/mol. The molecule has 0 aromatic rings. The third-order valence-electron chi connectivity index (χ3n) is 6.80. The van der Waals surface area contributed by atoms with Crippen LogP contribution in [0.5, 0.6) is 0 Å². The largest absolute Gasteiger partial charge is 0.455 e. The topological polar surface area (TPSA) is 181 Å². The van der Waals surface area contributed by atoms with Gasteiger partial charge in [-0.25, -0.2) is 0 Å². The van der Waals surface area contributed by atoms with Gasteiger partial charge in [-0.1, -0.05) is 41.0 Å². The first-order valence-electron chi connectivity index (χ1n) is 12.7. The molecule has 2 aliphatic heterocycles. The molecule has 12 atom stereocenters. The minimum atomic E-state index is -1.74. The second-order valence-corrected chi connectivity index (χ2v) is 9.63. The van der Waals surface area contributed by atoms with E-state index in [9.17, 15) is 35.1 Å². The maximum Gasteiger partial charge on any atom is 0.309 e. The molecule has 2 rings (SSSR count). The van der Waals surface area contributed by atoms with E-state index in [1.807, 2.05) is 13.8 Å². The molecule has 0 aromatic heterocycles. The van der Waals surface area contributed by atoms with Crippen LogP contribution in [-0.2, 0) is 33.3 Å². The predicted molar refractivity (Wildman–Crippen MR) is 123 cm³/mol. The van der Waals surface area contributed by atoms with Crippen molar-refractivity contribution in [2.24, 2.45) is 11.8 Å². The highest BCUT2D eigenvalue weighted by Crippen LogP contribution is 2.32. The lowest BCUT2D eigenvalue weighted by Gasteiger charge is -2.46. The van der Waals surface area contributed by atoms with Crippen LogP contribution in [0.25, 0.3) is 0 Å². The molecule has 0 spiro atoms. The zero-order chi connectivity index (χ0) is 27.2. The fourth-order valence-electron chi connectivity index (χ4n) is 4.26. The maximum absolute atomic E-state index is 12.9. The summed E-state index contributed by atoms with van der Waals surface area (Å²) in [6.07, 6.45) is -12.7. The Bertz CT molecular complexity index is 703. The number of carbonyl (C=O) groups excluding carboxylic acids is 2. The molecule has 5 N–H and O–H groups in total. The Morgan fingerprint density at radius 3 is 2.03 bits per heavy atom. The van der Waals surface area contributed by atoms with Crippen LogP contribution >= 0.6 is 0 Å². The quantitative estimate of drug-likeness (QED) is 0.222. The van der Waals surface area contributed by atoms with Crippen molar-refractivity contribution in [1.82, 2.24) is 0 Å². The summed E-state index contributed by atoms with van der Waals surface area (Å²) < 4.78 is 28.1. The highest BCUT2D eigenvalue weighted by atomic mass is 16.8. The molecule has 2 heterocycles. The van der Waals surface area contributed by atoms with E-state index < -0.39 is 85.9 Å². The highest BCUT2D eigenvalue weighted by molar-refractivity contribution is 5.72. The van der Waals surface area contributed by atoms with Crippen molar-refractivity contribution in [2.75, 3.05) is 6.61 Å². The summed E-state index contributed by atoms with van der Waals surface area (Å²) in [4.78, 5) is 25.1. The molecule has 2 aliphatic rings. The van der Waals surface area contributed by atoms with Crippen LogP contribution in [0.1, 0.15) is 60.3 Å². The van der Waals surface area contributed by atoms with E-state index in [2.05, 4.69) is 0 Å². The minimum absolute atomic E-state index is 0.0261. The van der Waals surface area contributed by atoms with E-state index in [0.29, 0.717) is 6.42 Å². The Balaban J connectivity index is 2.32. The monoisotopic (exact) mass is 522 g/mol. The third kappa shape index (κ3) is 7.35. The lowest BCUT2D eigenvalue weighted by atomic mass is 9.94. The molecule has 36 heavy (non-hydrogen) atoms. The highest BCUT2D eigenvalue weighted by Gasteiger charge is 2.53. The number of aliphatic hydroxyl groups is 5. The van der Waals surface area contributed by atoms with Gasteiger partial charge in [-0.15, -0.1) is 0 Å². The summed E-state index contributed by atoms with van der Waals surface area (Å²) in [5.41, 5.74) is 0. The van der Waals surface area contributed by atoms with Crippen LogP contribution in [0.4, 0.5) is 0 Å². The molecule has 2 saturated heterocycles. The standard InChI is InChI=1S/C24H42O12/c1-6-11(4)9-12(5)22(31)35-20-17(28)13(7-2)32-24(21(20)34-15(26)8-3)36-23-19(30)18(29)16(27)14(10-25)33-23/h11-14,16-21,23-25,27-30H,6-10H2,1-5H3. The smallest absolute Gasteiger partial charge is 0.309 e. The van der Waals surface area contributed by atoms with Gasteiger partial charge in [0.1, 0.15) is 30.5 Å². The van der Waals surface area contributed by atoms with Crippen molar-refractivity contribution in [3.8, 4) is 0 Å². The van der Waals surface area contributed by atoms with Crippen LogP contribution < -0.4 is 0 Å². The van der Waals surface area contributed by atoms with Gasteiger partial charge in [-0.05, 0) is 18.8 Å². The molecule has 210 valence electrons. The first-order chi connectivity index (χ1) is 17.0. The Labute approximate surface area is 211 Å². The Hall–Kier alpha value is -1.38. The van der Waals surface area contributed by atoms with Crippen LogP contribution in [0, 0.1) is 11.8 Å². The van der Waals surface area contributed by atoms with Crippen molar-refractivity contribution < 1.29 is 58.8 Å². The Morgan fingerprint density at radius 1 is 0.833 bits per heavy atom. The molecule has 0 aromatic carbocycles. The van der Waals surface area contributed by atoms with E-state index in [0.717, 1.165) is 6.42 Å². The molecule has 12 heteroatoms. The van der Waals surface area contributed by atoms with Crippen molar-refractivity contribution in [1.29, 1.82) is 0 Å². The summed E-state index contributed by atoms with van der Waals surface area (Å²) in [6, 6.07) is 0. The summed E-state index contributed by atoms with van der Waals surface area (Å²) in [6.45, 7) is 8.34. The molecule has 12 nitrogen and oxygen atoms in total. The number of hydrogen-bond acceptors (Lipinski definition) is 12. The first kappa shape index (κ1) is 30.8. The third-order valence-corrected chi connectivity index (χ3v) is 6.80. The van der Waals surface area contributed by atoms with E-state index >= 15 is 0 Å². The van der Waals surface area contributed by atoms with E-state index in [1.54, 1.807) is 20.8 Å². The number of rotatable bonds is 11. The molecule has 12 unspecified atom stereocenters. The van der Waals surface area contributed by atoms with Gasteiger partial charge in [-0.3, -0.25) is 9.59 Å². The number of carbonyl (C=O) groups is 2. The molecule has 0 bridgehead atoms. The van der Waals surface area contributed by atoms with Gasteiger partial charge in [0.05, 0.1) is 18.6 Å². The van der Waals surface area contributed by atoms with Gasteiger partial charge in [0.25, 0.3) is 0 Å². The van der Waals surface area contributed by atoms with Gasteiger partial charge >= 0.3 is 11.9 Å². The average Bonchev–Trinajstić information content (AvgIpc) is 2.86. The molecule has 0 aliphatic carbocycles. The number of ether oxygens (including phenoxy) is 5. The molecule has 0 amide bonds. The first-order valence-corrected chi connectivity index (χ1v) is 12.7. The molecular formula is C24H42O12. The molecule has 0 radical (unpaired) electrons. The van der Waals surface area contributed by atoms with Crippen molar-refractivity contribution in [3.05, 3.63) is 0 Å². The predicted octanol–water partition coefficient (Wildman–Crippen LogP) is -0.395. The van der Waals surface area contributed by atoms with Crippen LogP contribution in [0.15, 0.2) is 0 Å². The number of aliphatic hydroxyl groups excluding tert-OH is 5. The second kappa shape index (κ2) is 14.0.